The van der Waals surface area contributed by atoms with E-state index in [1.807, 2.05) is 11.1 Å². The number of rotatable bonds is 3. The Morgan fingerprint density at radius 1 is 0.920 bits per heavy atom. The molecule has 0 amide bonds. The van der Waals surface area contributed by atoms with Gasteiger partial charge in [0.25, 0.3) is 0 Å². The highest BCUT2D eigenvalue weighted by Gasteiger charge is 2.59. The summed E-state index contributed by atoms with van der Waals surface area (Å²) in [4.78, 5) is 14.3. The van der Waals surface area contributed by atoms with Crippen LogP contribution in [0.5, 0.6) is 0 Å². The highest BCUT2D eigenvalue weighted by Crippen LogP contribution is 2.43. The standard InChI is InChI=1S/C19H27N3O3/c1-20-16-14(11-24-20)8-22-9-15-12-25-21(2)17(15)19(18(16)22)23-10-13-6-4-3-5-7-13/h3-7,14-19H,8-12H2,1-2H3/t14-,15+,16+,17-,18+,19+/m1/s1. The number of hydrogen-bond donors (Lipinski definition) is 0. The number of nitrogens with zero attached hydrogens (tertiary/aromatic N) is 3. The van der Waals surface area contributed by atoms with Crippen LogP contribution in [0.3, 0.4) is 0 Å². The summed E-state index contributed by atoms with van der Waals surface area (Å²) in [5.41, 5.74) is 1.23. The van der Waals surface area contributed by atoms with Gasteiger partial charge in [-0.05, 0) is 5.56 Å². The van der Waals surface area contributed by atoms with Crippen LogP contribution in [0.1, 0.15) is 5.56 Å². The van der Waals surface area contributed by atoms with Gasteiger partial charge in [0.05, 0.1) is 44.1 Å². The first-order valence-electron chi connectivity index (χ1n) is 9.33. The maximum atomic E-state index is 6.58. The largest absolute Gasteiger partial charge is 0.370 e. The molecule has 5 rings (SSSR count). The van der Waals surface area contributed by atoms with Crippen molar-refractivity contribution < 1.29 is 14.4 Å². The molecule has 0 bridgehead atoms. The van der Waals surface area contributed by atoms with Gasteiger partial charge in [-0.15, -0.1) is 0 Å². The van der Waals surface area contributed by atoms with Crippen LogP contribution in [-0.4, -0.2) is 79.7 Å². The molecule has 6 nitrogen and oxygen atoms in total. The monoisotopic (exact) mass is 345 g/mol. The molecule has 0 N–H and O–H groups in total. The molecule has 0 spiro atoms. The summed E-state index contributed by atoms with van der Waals surface area (Å²) in [6.07, 6.45) is 0.130. The molecular weight excluding hydrogens is 318 g/mol. The molecule has 6 heteroatoms. The van der Waals surface area contributed by atoms with Crippen molar-refractivity contribution in [3.05, 3.63) is 35.9 Å². The van der Waals surface area contributed by atoms with Crippen LogP contribution in [0, 0.1) is 11.8 Å². The Morgan fingerprint density at radius 3 is 2.28 bits per heavy atom. The Labute approximate surface area is 149 Å². The third-order valence-corrected chi connectivity index (χ3v) is 6.46. The molecule has 0 radical (unpaired) electrons. The van der Waals surface area contributed by atoms with Gasteiger partial charge >= 0.3 is 0 Å². The van der Waals surface area contributed by atoms with Crippen molar-refractivity contribution in [2.24, 2.45) is 11.8 Å². The molecule has 4 fully saturated rings. The van der Waals surface area contributed by atoms with Gasteiger partial charge in [-0.1, -0.05) is 30.3 Å². The first-order chi connectivity index (χ1) is 12.2. The molecule has 6 atom stereocenters. The van der Waals surface area contributed by atoms with E-state index in [0.717, 1.165) is 26.3 Å². The number of hydrogen-bond acceptors (Lipinski definition) is 6. The van der Waals surface area contributed by atoms with Gasteiger partial charge in [0.1, 0.15) is 0 Å². The Bertz CT molecular complexity index is 615. The predicted octanol–water partition coefficient (Wildman–Crippen LogP) is 0.993. The Balaban J connectivity index is 1.42. The number of fused-ring (bicyclic) bond motifs is 4. The molecule has 136 valence electrons. The van der Waals surface area contributed by atoms with Gasteiger partial charge in [-0.25, -0.2) is 0 Å². The lowest BCUT2D eigenvalue weighted by Crippen LogP contribution is -2.63. The maximum Gasteiger partial charge on any atom is 0.0933 e. The van der Waals surface area contributed by atoms with E-state index in [1.165, 1.54) is 5.56 Å². The molecule has 1 aromatic rings. The summed E-state index contributed by atoms with van der Waals surface area (Å²) in [5, 5.41) is 4.12. The second-order valence-electron chi connectivity index (χ2n) is 7.89. The van der Waals surface area contributed by atoms with Crippen molar-refractivity contribution in [1.82, 2.24) is 15.0 Å². The number of piperidine rings is 1. The summed E-state index contributed by atoms with van der Waals surface area (Å²) in [6.45, 7) is 4.50. The molecule has 4 aliphatic heterocycles. The molecule has 4 saturated heterocycles. The topological polar surface area (TPSA) is 37.4 Å². The van der Waals surface area contributed by atoms with Gasteiger partial charge in [-0.3, -0.25) is 14.6 Å². The van der Waals surface area contributed by atoms with Gasteiger partial charge in [-0.2, -0.15) is 10.1 Å². The van der Waals surface area contributed by atoms with Crippen LogP contribution in [0.15, 0.2) is 30.3 Å². The van der Waals surface area contributed by atoms with E-state index in [-0.39, 0.29) is 6.10 Å². The molecule has 0 aromatic heterocycles. The smallest absolute Gasteiger partial charge is 0.0933 e. The number of hydroxylamine groups is 4. The minimum atomic E-state index is 0.130. The van der Waals surface area contributed by atoms with E-state index in [2.05, 4.69) is 48.3 Å². The fraction of sp³-hybridized carbons (Fsp3) is 0.684. The minimum absolute atomic E-state index is 0.130. The molecule has 1 aromatic carbocycles. The van der Waals surface area contributed by atoms with Crippen molar-refractivity contribution in [3.63, 3.8) is 0 Å². The fourth-order valence-corrected chi connectivity index (χ4v) is 5.38. The van der Waals surface area contributed by atoms with Crippen molar-refractivity contribution in [1.29, 1.82) is 0 Å². The Hall–Kier alpha value is -1.02. The fourth-order valence-electron chi connectivity index (χ4n) is 5.38. The van der Waals surface area contributed by atoms with Crippen molar-refractivity contribution >= 4 is 0 Å². The molecular formula is C19H27N3O3. The Kier molecular flexibility index (Phi) is 4.08. The van der Waals surface area contributed by atoms with Crippen molar-refractivity contribution in [2.75, 3.05) is 40.4 Å². The summed E-state index contributed by atoms with van der Waals surface area (Å²) in [7, 11) is 4.13. The van der Waals surface area contributed by atoms with Crippen LogP contribution in [0.4, 0.5) is 0 Å². The molecule has 0 aliphatic carbocycles. The highest BCUT2D eigenvalue weighted by atomic mass is 16.7. The lowest BCUT2D eigenvalue weighted by Gasteiger charge is -2.46. The lowest BCUT2D eigenvalue weighted by atomic mass is 9.83. The van der Waals surface area contributed by atoms with Crippen LogP contribution in [-0.2, 0) is 21.0 Å². The third kappa shape index (κ3) is 2.63. The van der Waals surface area contributed by atoms with Crippen molar-refractivity contribution in [2.45, 2.75) is 30.8 Å². The second-order valence-corrected chi connectivity index (χ2v) is 7.89. The molecule has 25 heavy (non-hydrogen) atoms. The highest BCUT2D eigenvalue weighted by molar-refractivity contribution is 5.15. The zero-order valence-electron chi connectivity index (χ0n) is 15.0. The molecule has 4 aliphatic rings. The van der Waals surface area contributed by atoms with E-state index in [0.29, 0.717) is 36.6 Å². The van der Waals surface area contributed by atoms with Crippen LogP contribution >= 0.6 is 0 Å². The van der Waals surface area contributed by atoms with Gasteiger partial charge in [0, 0.05) is 39.0 Å². The third-order valence-electron chi connectivity index (χ3n) is 6.46. The van der Waals surface area contributed by atoms with Gasteiger partial charge in [0.2, 0.25) is 0 Å². The predicted molar refractivity (Wildman–Crippen MR) is 92.4 cm³/mol. The first-order valence-corrected chi connectivity index (χ1v) is 9.33. The van der Waals surface area contributed by atoms with E-state index < -0.39 is 0 Å². The maximum absolute atomic E-state index is 6.58. The summed E-state index contributed by atoms with van der Waals surface area (Å²) >= 11 is 0. The number of likely N-dealkylation sites (N-methyl/N-ethyl adjacent to an activating group) is 2. The van der Waals surface area contributed by atoms with Crippen LogP contribution in [0.2, 0.25) is 0 Å². The number of benzene rings is 1. The van der Waals surface area contributed by atoms with E-state index in [9.17, 15) is 0 Å². The summed E-state index contributed by atoms with van der Waals surface area (Å²) < 4.78 is 6.58. The van der Waals surface area contributed by atoms with E-state index in [1.54, 1.807) is 0 Å². The first kappa shape index (κ1) is 16.2. The molecule has 4 heterocycles. The zero-order chi connectivity index (χ0) is 17.0. The van der Waals surface area contributed by atoms with Crippen molar-refractivity contribution in [3.8, 4) is 0 Å². The lowest BCUT2D eigenvalue weighted by molar-refractivity contribution is -0.180. The summed E-state index contributed by atoms with van der Waals surface area (Å²) in [5.74, 6) is 1.11. The van der Waals surface area contributed by atoms with Crippen LogP contribution in [0.25, 0.3) is 0 Å². The molecule has 0 unspecified atom stereocenters. The normalized spacial score (nSPS) is 41.7. The Morgan fingerprint density at radius 2 is 1.56 bits per heavy atom. The summed E-state index contributed by atoms with van der Waals surface area (Å²) in [6, 6.07) is 11.6. The van der Waals surface area contributed by atoms with Gasteiger partial charge < -0.3 is 4.74 Å². The van der Waals surface area contributed by atoms with E-state index >= 15 is 0 Å². The average Bonchev–Trinajstić information content (AvgIpc) is 3.28. The quantitative estimate of drug-likeness (QED) is 0.813. The zero-order valence-corrected chi connectivity index (χ0v) is 15.0. The molecule has 0 saturated carbocycles. The minimum Gasteiger partial charge on any atom is -0.370 e. The number of ether oxygens (including phenoxy) is 1. The second kappa shape index (κ2) is 6.30. The van der Waals surface area contributed by atoms with Gasteiger partial charge in [0.15, 0.2) is 0 Å². The SMILES string of the molecule is CN1OC[C@@H]2CN3C[C@@H]4CON(C)[C@@H]4[C@H]3[C@@H](OCc3ccccc3)[C@@H]21. The average molecular weight is 345 g/mol. The van der Waals surface area contributed by atoms with Crippen LogP contribution < -0.4 is 0 Å². The van der Waals surface area contributed by atoms with E-state index in [4.69, 9.17) is 14.4 Å².